The highest BCUT2D eigenvalue weighted by Gasteiger charge is 2.16. The van der Waals surface area contributed by atoms with E-state index in [1.165, 1.54) is 0 Å². The van der Waals surface area contributed by atoms with Crippen molar-refractivity contribution in [1.82, 2.24) is 15.5 Å². The Labute approximate surface area is 96.6 Å². The molecule has 0 bridgehead atoms. The van der Waals surface area contributed by atoms with Crippen molar-refractivity contribution in [3.8, 4) is 0 Å². The number of methoxy groups -OCH3 is 1. The molecule has 92 valence electrons. The fourth-order valence-corrected chi connectivity index (χ4v) is 1.62. The Morgan fingerprint density at radius 1 is 1.44 bits per heavy atom. The van der Waals surface area contributed by atoms with Crippen LogP contribution < -0.4 is 5.32 Å². The van der Waals surface area contributed by atoms with E-state index in [2.05, 4.69) is 29.3 Å². The fraction of sp³-hybridized carbons (Fsp3) is 0.818. The molecule has 0 radical (unpaired) electrons. The molecule has 2 unspecified atom stereocenters. The van der Waals surface area contributed by atoms with Crippen LogP contribution in [0.3, 0.4) is 0 Å². The zero-order valence-corrected chi connectivity index (χ0v) is 10.5. The number of likely N-dealkylation sites (N-methyl/N-ethyl adjacent to an activating group) is 1. The van der Waals surface area contributed by atoms with Gasteiger partial charge in [0.15, 0.2) is 0 Å². The number of nitrogens with zero attached hydrogens (tertiary/aromatic N) is 2. The van der Waals surface area contributed by atoms with Gasteiger partial charge in [-0.2, -0.15) is 4.98 Å². The highest BCUT2D eigenvalue weighted by atomic mass is 16.5. The van der Waals surface area contributed by atoms with E-state index in [0.29, 0.717) is 17.8 Å². The van der Waals surface area contributed by atoms with Crippen molar-refractivity contribution in [2.45, 2.75) is 45.8 Å². The van der Waals surface area contributed by atoms with Gasteiger partial charge < -0.3 is 14.6 Å². The van der Waals surface area contributed by atoms with E-state index in [1.807, 2.05) is 6.92 Å². The molecule has 0 aromatic carbocycles. The summed E-state index contributed by atoms with van der Waals surface area (Å²) in [5.74, 6) is 1.31. The number of hydrogen-bond donors (Lipinski definition) is 1. The van der Waals surface area contributed by atoms with E-state index in [0.717, 1.165) is 19.4 Å². The summed E-state index contributed by atoms with van der Waals surface area (Å²) in [6.07, 6.45) is 1.53. The van der Waals surface area contributed by atoms with E-state index in [1.54, 1.807) is 7.11 Å². The van der Waals surface area contributed by atoms with Crippen LogP contribution in [0.1, 0.15) is 45.0 Å². The molecule has 5 nitrogen and oxygen atoms in total. The van der Waals surface area contributed by atoms with Crippen LogP contribution in [0.25, 0.3) is 0 Å². The largest absolute Gasteiger partial charge is 0.373 e. The molecule has 0 fully saturated rings. The van der Waals surface area contributed by atoms with E-state index in [9.17, 15) is 0 Å². The topological polar surface area (TPSA) is 60.2 Å². The molecule has 16 heavy (non-hydrogen) atoms. The Hall–Kier alpha value is -0.940. The first-order valence-electron chi connectivity index (χ1n) is 5.79. The number of aromatic nitrogens is 2. The third-order valence-electron chi connectivity index (χ3n) is 2.46. The maximum atomic E-state index is 5.25. The maximum Gasteiger partial charge on any atom is 0.228 e. The molecule has 0 saturated heterocycles. The third-order valence-corrected chi connectivity index (χ3v) is 2.46. The summed E-state index contributed by atoms with van der Waals surface area (Å²) in [6, 6.07) is 0.348. The number of ether oxygens (including phenoxy) is 1. The molecule has 1 heterocycles. The summed E-state index contributed by atoms with van der Waals surface area (Å²) in [5.41, 5.74) is 0. The molecular weight excluding hydrogens is 206 g/mol. The Balaban J connectivity index is 2.57. The molecule has 0 aliphatic heterocycles. The first-order valence-corrected chi connectivity index (χ1v) is 5.79. The van der Waals surface area contributed by atoms with Gasteiger partial charge >= 0.3 is 0 Å². The van der Waals surface area contributed by atoms with Gasteiger partial charge in [0, 0.05) is 19.6 Å². The van der Waals surface area contributed by atoms with E-state index in [4.69, 9.17) is 9.26 Å². The van der Waals surface area contributed by atoms with Gasteiger partial charge in [0.05, 0.1) is 0 Å². The van der Waals surface area contributed by atoms with E-state index in [-0.39, 0.29) is 6.10 Å². The van der Waals surface area contributed by atoms with Gasteiger partial charge in [-0.15, -0.1) is 0 Å². The van der Waals surface area contributed by atoms with Crippen molar-refractivity contribution in [3.05, 3.63) is 11.7 Å². The summed E-state index contributed by atoms with van der Waals surface area (Å²) < 4.78 is 10.4. The number of nitrogens with one attached hydrogen (secondary N) is 1. The molecular formula is C11H21N3O2. The lowest BCUT2D eigenvalue weighted by atomic mass is 10.2. The normalized spacial score (nSPS) is 15.0. The summed E-state index contributed by atoms with van der Waals surface area (Å²) in [5, 5.41) is 7.23. The minimum absolute atomic E-state index is 0.0630. The molecule has 0 aliphatic rings. The highest BCUT2D eigenvalue weighted by molar-refractivity contribution is 4.92. The lowest BCUT2D eigenvalue weighted by Crippen LogP contribution is -2.27. The Kier molecular flexibility index (Phi) is 5.42. The van der Waals surface area contributed by atoms with Crippen molar-refractivity contribution in [2.24, 2.45) is 0 Å². The zero-order chi connectivity index (χ0) is 12.0. The van der Waals surface area contributed by atoms with E-state index < -0.39 is 0 Å². The summed E-state index contributed by atoms with van der Waals surface area (Å²) in [7, 11) is 1.66. The second-order valence-corrected chi connectivity index (χ2v) is 3.84. The second-order valence-electron chi connectivity index (χ2n) is 3.84. The van der Waals surface area contributed by atoms with Crippen LogP contribution in [-0.2, 0) is 11.2 Å². The van der Waals surface area contributed by atoms with Crippen LogP contribution in [0.15, 0.2) is 4.52 Å². The Bertz CT molecular complexity index is 297. The zero-order valence-electron chi connectivity index (χ0n) is 10.5. The van der Waals surface area contributed by atoms with Crippen LogP contribution in [0, 0.1) is 0 Å². The van der Waals surface area contributed by atoms with Crippen molar-refractivity contribution < 1.29 is 9.26 Å². The molecule has 1 N–H and O–H groups in total. The molecule has 2 atom stereocenters. The smallest absolute Gasteiger partial charge is 0.228 e. The van der Waals surface area contributed by atoms with Crippen LogP contribution >= 0.6 is 0 Å². The molecule has 1 aromatic heterocycles. The van der Waals surface area contributed by atoms with Crippen molar-refractivity contribution in [3.63, 3.8) is 0 Å². The average Bonchev–Trinajstić information content (AvgIpc) is 2.68. The van der Waals surface area contributed by atoms with E-state index >= 15 is 0 Å². The summed E-state index contributed by atoms with van der Waals surface area (Å²) in [4.78, 5) is 4.33. The van der Waals surface area contributed by atoms with Gasteiger partial charge in [0.2, 0.25) is 11.7 Å². The second kappa shape index (κ2) is 6.60. The minimum Gasteiger partial charge on any atom is -0.373 e. The average molecular weight is 227 g/mol. The van der Waals surface area contributed by atoms with Gasteiger partial charge in [0.25, 0.3) is 0 Å². The summed E-state index contributed by atoms with van der Waals surface area (Å²) >= 11 is 0. The monoisotopic (exact) mass is 227 g/mol. The van der Waals surface area contributed by atoms with Crippen LogP contribution in [0.4, 0.5) is 0 Å². The standard InChI is InChI=1S/C11H21N3O2/c1-5-9(15-4)11-13-10(16-14-11)7-8(3)12-6-2/h8-9,12H,5-7H2,1-4H3. The maximum absolute atomic E-state index is 5.25. The first-order chi connectivity index (χ1) is 7.71. The van der Waals surface area contributed by atoms with Crippen molar-refractivity contribution >= 4 is 0 Å². The van der Waals surface area contributed by atoms with Gasteiger partial charge in [-0.25, -0.2) is 0 Å². The molecule has 0 amide bonds. The first kappa shape index (κ1) is 13.1. The van der Waals surface area contributed by atoms with Crippen LogP contribution in [-0.4, -0.2) is 29.8 Å². The highest BCUT2D eigenvalue weighted by Crippen LogP contribution is 2.16. The molecule has 5 heteroatoms. The summed E-state index contributed by atoms with van der Waals surface area (Å²) in [6.45, 7) is 7.15. The number of hydrogen-bond acceptors (Lipinski definition) is 5. The molecule has 0 saturated carbocycles. The molecule has 1 aromatic rings. The predicted molar refractivity (Wildman–Crippen MR) is 61.2 cm³/mol. The third kappa shape index (κ3) is 3.57. The van der Waals surface area contributed by atoms with Crippen molar-refractivity contribution in [1.29, 1.82) is 0 Å². The Morgan fingerprint density at radius 3 is 2.75 bits per heavy atom. The quantitative estimate of drug-likeness (QED) is 0.768. The predicted octanol–water partition coefficient (Wildman–Crippen LogP) is 1.71. The van der Waals surface area contributed by atoms with Gasteiger partial charge in [0.1, 0.15) is 6.10 Å². The SMILES string of the molecule is CCNC(C)Cc1nc(C(CC)OC)no1. The fourth-order valence-electron chi connectivity index (χ4n) is 1.62. The molecule has 0 spiro atoms. The molecule has 0 aliphatic carbocycles. The van der Waals surface area contributed by atoms with Gasteiger partial charge in [-0.05, 0) is 19.9 Å². The lowest BCUT2D eigenvalue weighted by molar-refractivity contribution is 0.0903. The lowest BCUT2D eigenvalue weighted by Gasteiger charge is -2.08. The van der Waals surface area contributed by atoms with Crippen LogP contribution in [0.5, 0.6) is 0 Å². The van der Waals surface area contributed by atoms with Gasteiger partial charge in [-0.3, -0.25) is 0 Å². The minimum atomic E-state index is -0.0630. The van der Waals surface area contributed by atoms with Crippen molar-refractivity contribution in [2.75, 3.05) is 13.7 Å². The van der Waals surface area contributed by atoms with Gasteiger partial charge in [-0.1, -0.05) is 19.0 Å². The Morgan fingerprint density at radius 2 is 2.19 bits per heavy atom. The molecule has 1 rings (SSSR count). The van der Waals surface area contributed by atoms with Crippen LogP contribution in [0.2, 0.25) is 0 Å². The number of rotatable bonds is 7.